The van der Waals surface area contributed by atoms with Crippen molar-refractivity contribution in [2.75, 3.05) is 14.1 Å². The fourth-order valence-corrected chi connectivity index (χ4v) is 3.33. The number of nitrogens with one attached hydrogen (secondary N) is 1. The van der Waals surface area contributed by atoms with Crippen LogP contribution in [-0.4, -0.2) is 34.7 Å². The predicted molar refractivity (Wildman–Crippen MR) is 108 cm³/mol. The zero-order valence-electron chi connectivity index (χ0n) is 15.7. The molecule has 0 aliphatic carbocycles. The van der Waals surface area contributed by atoms with E-state index in [1.807, 2.05) is 68.6 Å². The van der Waals surface area contributed by atoms with Gasteiger partial charge in [-0.05, 0) is 43.8 Å². The molecule has 1 aromatic heterocycles. The number of nitrogens with zero attached hydrogens (tertiary/aromatic N) is 3. The summed E-state index contributed by atoms with van der Waals surface area (Å²) in [6, 6.07) is 17.5. The van der Waals surface area contributed by atoms with E-state index in [4.69, 9.17) is 11.6 Å². The van der Waals surface area contributed by atoms with E-state index in [0.717, 1.165) is 29.1 Å². The van der Waals surface area contributed by atoms with Crippen LogP contribution in [0.2, 0.25) is 5.15 Å². The topological polar surface area (TPSA) is 50.2 Å². The van der Waals surface area contributed by atoms with Gasteiger partial charge in [-0.3, -0.25) is 9.69 Å². The lowest BCUT2D eigenvalue weighted by molar-refractivity contribution is 0.0963. The van der Waals surface area contributed by atoms with Crippen LogP contribution in [0.3, 0.4) is 0 Å². The lowest BCUT2D eigenvalue weighted by Crippen LogP contribution is -2.19. The van der Waals surface area contributed by atoms with Gasteiger partial charge in [0.05, 0.1) is 11.4 Å². The van der Waals surface area contributed by atoms with Crippen LogP contribution < -0.4 is 5.32 Å². The van der Waals surface area contributed by atoms with Gasteiger partial charge in [0, 0.05) is 31.3 Å². The molecule has 1 heterocycles. The van der Waals surface area contributed by atoms with Crippen LogP contribution >= 0.6 is 11.6 Å². The van der Waals surface area contributed by atoms with Gasteiger partial charge in [0.25, 0.3) is 5.91 Å². The summed E-state index contributed by atoms with van der Waals surface area (Å²) in [5, 5.41) is 7.86. The molecule has 1 N–H and O–H groups in total. The highest BCUT2D eigenvalue weighted by Crippen LogP contribution is 2.25. The molecule has 0 fully saturated rings. The van der Waals surface area contributed by atoms with Crippen LogP contribution in [0.4, 0.5) is 0 Å². The van der Waals surface area contributed by atoms with Gasteiger partial charge < -0.3 is 5.32 Å². The minimum Gasteiger partial charge on any atom is -0.355 e. The molecule has 6 heteroatoms. The van der Waals surface area contributed by atoms with E-state index in [9.17, 15) is 4.79 Å². The maximum Gasteiger partial charge on any atom is 0.251 e. The highest BCUT2D eigenvalue weighted by atomic mass is 35.5. The third-order valence-electron chi connectivity index (χ3n) is 4.45. The van der Waals surface area contributed by atoms with E-state index >= 15 is 0 Å². The molecule has 3 aromatic rings. The Hall–Kier alpha value is -2.63. The van der Waals surface area contributed by atoms with E-state index in [1.54, 1.807) is 11.7 Å². The van der Waals surface area contributed by atoms with Crippen molar-refractivity contribution in [2.45, 2.75) is 20.0 Å². The lowest BCUT2D eigenvalue weighted by Gasteiger charge is -2.17. The number of halogens is 1. The molecule has 2 aromatic carbocycles. The Morgan fingerprint density at radius 2 is 1.78 bits per heavy atom. The Morgan fingerprint density at radius 3 is 2.41 bits per heavy atom. The van der Waals surface area contributed by atoms with Crippen LogP contribution in [0.15, 0.2) is 54.6 Å². The summed E-state index contributed by atoms with van der Waals surface area (Å²) < 4.78 is 1.78. The third-order valence-corrected chi connectivity index (χ3v) is 4.83. The molecule has 3 rings (SSSR count). The van der Waals surface area contributed by atoms with Crippen LogP contribution in [-0.2, 0) is 13.1 Å². The molecule has 0 saturated heterocycles. The summed E-state index contributed by atoms with van der Waals surface area (Å²) in [6.07, 6.45) is 0. The van der Waals surface area contributed by atoms with Crippen molar-refractivity contribution < 1.29 is 4.79 Å². The van der Waals surface area contributed by atoms with Gasteiger partial charge in [-0.1, -0.05) is 41.9 Å². The molecule has 0 atom stereocenters. The number of benzene rings is 2. The second-order valence-corrected chi connectivity index (χ2v) is 6.91. The summed E-state index contributed by atoms with van der Waals surface area (Å²) in [6.45, 7) is 3.42. The minimum atomic E-state index is -0.0781. The monoisotopic (exact) mass is 382 g/mol. The molecule has 1 amide bonds. The molecule has 0 radical (unpaired) electrons. The fourth-order valence-electron chi connectivity index (χ4n) is 2.99. The molecule has 0 bridgehead atoms. The first-order valence-corrected chi connectivity index (χ1v) is 9.16. The Kier molecular flexibility index (Phi) is 5.94. The summed E-state index contributed by atoms with van der Waals surface area (Å²) in [5.74, 6) is -0.0781. The smallest absolute Gasteiger partial charge is 0.251 e. The standard InChI is InChI=1S/C21H23ClN4O/c1-15-19(20(22)26(24-15)18-7-5-4-6-8-18)14-25(3)13-16-9-11-17(12-10-16)21(27)23-2/h4-12H,13-14H2,1-3H3,(H,23,27). The Morgan fingerprint density at radius 1 is 1.11 bits per heavy atom. The third kappa shape index (κ3) is 4.38. The van der Waals surface area contributed by atoms with E-state index in [0.29, 0.717) is 17.3 Å². The number of aryl methyl sites for hydroxylation is 1. The molecule has 0 unspecified atom stereocenters. The molecule has 0 saturated carbocycles. The molecule has 5 nitrogen and oxygen atoms in total. The maximum atomic E-state index is 11.6. The van der Waals surface area contributed by atoms with Crippen molar-refractivity contribution in [1.82, 2.24) is 20.0 Å². The number of carbonyl (C=O) groups is 1. The van der Waals surface area contributed by atoms with Crippen molar-refractivity contribution >= 4 is 17.5 Å². The van der Waals surface area contributed by atoms with Crippen LogP contribution in [0.25, 0.3) is 5.69 Å². The van der Waals surface area contributed by atoms with E-state index in [-0.39, 0.29) is 5.91 Å². The average Bonchev–Trinajstić information content (AvgIpc) is 2.97. The van der Waals surface area contributed by atoms with Gasteiger partial charge in [-0.15, -0.1) is 0 Å². The van der Waals surface area contributed by atoms with Crippen molar-refractivity contribution in [3.05, 3.63) is 82.1 Å². The predicted octanol–water partition coefficient (Wildman–Crippen LogP) is 3.83. The van der Waals surface area contributed by atoms with Gasteiger partial charge in [0.1, 0.15) is 5.15 Å². The van der Waals surface area contributed by atoms with Gasteiger partial charge in [-0.25, -0.2) is 4.68 Å². The molecule has 0 spiro atoms. The van der Waals surface area contributed by atoms with Gasteiger partial charge in [0.15, 0.2) is 0 Å². The van der Waals surface area contributed by atoms with Crippen molar-refractivity contribution in [1.29, 1.82) is 0 Å². The molecular weight excluding hydrogens is 360 g/mol. The molecule has 27 heavy (non-hydrogen) atoms. The number of amides is 1. The van der Waals surface area contributed by atoms with Gasteiger partial charge in [0.2, 0.25) is 0 Å². The largest absolute Gasteiger partial charge is 0.355 e. The van der Waals surface area contributed by atoms with Gasteiger partial charge >= 0.3 is 0 Å². The van der Waals surface area contributed by atoms with E-state index < -0.39 is 0 Å². The minimum absolute atomic E-state index is 0.0781. The normalized spacial score (nSPS) is 11.0. The second-order valence-electron chi connectivity index (χ2n) is 6.55. The van der Waals surface area contributed by atoms with Crippen LogP contribution in [0.1, 0.15) is 27.2 Å². The Balaban J connectivity index is 1.72. The van der Waals surface area contributed by atoms with Crippen LogP contribution in [0, 0.1) is 6.92 Å². The van der Waals surface area contributed by atoms with Crippen LogP contribution in [0.5, 0.6) is 0 Å². The number of carbonyl (C=O) groups excluding carboxylic acids is 1. The highest BCUT2D eigenvalue weighted by molar-refractivity contribution is 6.30. The summed E-state index contributed by atoms with van der Waals surface area (Å²) in [4.78, 5) is 13.8. The molecular formula is C21H23ClN4O. The Bertz CT molecular complexity index is 919. The fraction of sp³-hybridized carbons (Fsp3) is 0.238. The first-order chi connectivity index (χ1) is 13.0. The average molecular weight is 383 g/mol. The first-order valence-electron chi connectivity index (χ1n) is 8.78. The first kappa shape index (κ1) is 19.1. The summed E-state index contributed by atoms with van der Waals surface area (Å²) >= 11 is 6.61. The second kappa shape index (κ2) is 8.37. The zero-order valence-corrected chi connectivity index (χ0v) is 16.5. The molecule has 0 aliphatic rings. The van der Waals surface area contributed by atoms with Gasteiger partial charge in [-0.2, -0.15) is 5.10 Å². The maximum absolute atomic E-state index is 11.6. The number of para-hydroxylation sites is 1. The number of hydrogen-bond acceptors (Lipinski definition) is 3. The highest BCUT2D eigenvalue weighted by Gasteiger charge is 2.16. The zero-order chi connectivity index (χ0) is 19.4. The Labute approximate surface area is 164 Å². The van der Waals surface area contributed by atoms with Crippen molar-refractivity contribution in [2.24, 2.45) is 0 Å². The SMILES string of the molecule is CNC(=O)c1ccc(CN(C)Cc2c(C)nn(-c3ccccc3)c2Cl)cc1. The molecule has 0 aliphatic heterocycles. The summed E-state index contributed by atoms with van der Waals surface area (Å²) in [7, 11) is 3.67. The number of hydrogen-bond donors (Lipinski definition) is 1. The quantitative estimate of drug-likeness (QED) is 0.705. The lowest BCUT2D eigenvalue weighted by atomic mass is 10.1. The van der Waals surface area contributed by atoms with E-state index in [1.165, 1.54) is 0 Å². The molecule has 140 valence electrons. The van der Waals surface area contributed by atoms with E-state index in [2.05, 4.69) is 15.3 Å². The van der Waals surface area contributed by atoms with Crippen molar-refractivity contribution in [3.63, 3.8) is 0 Å². The number of aromatic nitrogens is 2. The number of rotatable bonds is 6. The van der Waals surface area contributed by atoms with Crippen molar-refractivity contribution in [3.8, 4) is 5.69 Å². The summed E-state index contributed by atoms with van der Waals surface area (Å²) in [5.41, 5.74) is 4.68.